The van der Waals surface area contributed by atoms with Gasteiger partial charge in [-0.25, -0.2) is 19.9 Å². The SMILES string of the molecule is COc1cccc(CN2CCN(c3ncnc4c3ncn4CC3CCCO3)CC2C)n1. The van der Waals surface area contributed by atoms with Crippen LogP contribution in [0.2, 0.25) is 0 Å². The van der Waals surface area contributed by atoms with Gasteiger partial charge in [0.15, 0.2) is 17.0 Å². The van der Waals surface area contributed by atoms with E-state index in [2.05, 4.69) is 47.3 Å². The molecule has 2 fully saturated rings. The predicted molar refractivity (Wildman–Crippen MR) is 117 cm³/mol. The highest BCUT2D eigenvalue weighted by Gasteiger charge is 2.27. The van der Waals surface area contributed by atoms with Crippen molar-refractivity contribution in [1.82, 2.24) is 29.4 Å². The normalized spacial score (nSPS) is 22.3. The summed E-state index contributed by atoms with van der Waals surface area (Å²) in [4.78, 5) is 23.1. The van der Waals surface area contributed by atoms with Crippen LogP contribution in [0.3, 0.4) is 0 Å². The summed E-state index contributed by atoms with van der Waals surface area (Å²) in [5.74, 6) is 1.58. The first-order valence-electron chi connectivity index (χ1n) is 11.0. The third-order valence-corrected chi connectivity index (χ3v) is 6.23. The van der Waals surface area contributed by atoms with Crippen molar-refractivity contribution in [3.8, 4) is 5.88 Å². The van der Waals surface area contributed by atoms with E-state index in [0.717, 1.165) is 74.8 Å². The number of fused-ring (bicyclic) bond motifs is 1. The summed E-state index contributed by atoms with van der Waals surface area (Å²) in [5, 5.41) is 0. The Kier molecular flexibility index (Phi) is 5.69. The van der Waals surface area contributed by atoms with Crippen LogP contribution in [0.5, 0.6) is 5.88 Å². The molecule has 0 aliphatic carbocycles. The molecule has 9 nitrogen and oxygen atoms in total. The van der Waals surface area contributed by atoms with Crippen molar-refractivity contribution in [2.75, 3.05) is 38.3 Å². The van der Waals surface area contributed by atoms with Crippen molar-refractivity contribution in [2.45, 2.75) is 45.0 Å². The van der Waals surface area contributed by atoms with Crippen LogP contribution in [0.1, 0.15) is 25.5 Å². The third-order valence-electron chi connectivity index (χ3n) is 6.23. The van der Waals surface area contributed by atoms with Crippen LogP contribution < -0.4 is 9.64 Å². The highest BCUT2D eigenvalue weighted by atomic mass is 16.5. The summed E-state index contributed by atoms with van der Waals surface area (Å²) >= 11 is 0. The summed E-state index contributed by atoms with van der Waals surface area (Å²) in [6.07, 6.45) is 6.01. The van der Waals surface area contributed by atoms with E-state index in [-0.39, 0.29) is 6.10 Å². The molecular formula is C22H29N7O2. The number of anilines is 1. The third kappa shape index (κ3) is 4.20. The molecular weight excluding hydrogens is 394 g/mol. The van der Waals surface area contributed by atoms with Crippen LogP contribution in [0.4, 0.5) is 5.82 Å². The van der Waals surface area contributed by atoms with Gasteiger partial charge in [0.05, 0.1) is 31.8 Å². The fourth-order valence-electron chi connectivity index (χ4n) is 4.53. The summed E-state index contributed by atoms with van der Waals surface area (Å²) in [7, 11) is 1.65. The topological polar surface area (TPSA) is 81.4 Å². The fourth-order valence-corrected chi connectivity index (χ4v) is 4.53. The van der Waals surface area contributed by atoms with Gasteiger partial charge < -0.3 is 18.9 Å². The Balaban J connectivity index is 1.29. The molecule has 2 saturated heterocycles. The van der Waals surface area contributed by atoms with Gasteiger partial charge in [-0.2, -0.15) is 0 Å². The molecule has 0 saturated carbocycles. The van der Waals surface area contributed by atoms with Crippen molar-refractivity contribution in [1.29, 1.82) is 0 Å². The monoisotopic (exact) mass is 423 g/mol. The molecule has 0 aromatic carbocycles. The molecule has 0 spiro atoms. The molecule has 164 valence electrons. The van der Waals surface area contributed by atoms with Crippen LogP contribution in [-0.2, 0) is 17.8 Å². The number of aromatic nitrogens is 5. The molecule has 2 aliphatic heterocycles. The number of hydrogen-bond donors (Lipinski definition) is 0. The van der Waals surface area contributed by atoms with Crippen LogP contribution in [0.15, 0.2) is 30.9 Å². The first-order valence-corrected chi connectivity index (χ1v) is 11.0. The zero-order chi connectivity index (χ0) is 21.2. The minimum atomic E-state index is 0.254. The molecule has 3 aromatic rings. The van der Waals surface area contributed by atoms with Crippen LogP contribution in [-0.4, -0.2) is 74.9 Å². The Morgan fingerprint density at radius 3 is 2.94 bits per heavy atom. The molecule has 3 aromatic heterocycles. The minimum Gasteiger partial charge on any atom is -0.481 e. The average Bonchev–Trinajstić information content (AvgIpc) is 3.46. The number of imidazole rings is 1. The van der Waals surface area contributed by atoms with Gasteiger partial charge >= 0.3 is 0 Å². The fraction of sp³-hybridized carbons (Fsp3) is 0.545. The molecule has 2 aliphatic rings. The zero-order valence-electron chi connectivity index (χ0n) is 18.1. The van der Waals surface area contributed by atoms with E-state index in [1.54, 1.807) is 13.4 Å². The van der Waals surface area contributed by atoms with Gasteiger partial charge in [0.2, 0.25) is 5.88 Å². The molecule has 9 heteroatoms. The van der Waals surface area contributed by atoms with Gasteiger partial charge in [0.25, 0.3) is 0 Å². The van der Waals surface area contributed by atoms with E-state index in [4.69, 9.17) is 9.47 Å². The average molecular weight is 424 g/mol. The maximum Gasteiger partial charge on any atom is 0.213 e. The molecule has 5 rings (SSSR count). The molecule has 2 atom stereocenters. The highest BCUT2D eigenvalue weighted by molar-refractivity contribution is 5.83. The van der Waals surface area contributed by atoms with Gasteiger partial charge in [-0.3, -0.25) is 4.90 Å². The van der Waals surface area contributed by atoms with E-state index in [0.29, 0.717) is 11.9 Å². The summed E-state index contributed by atoms with van der Waals surface area (Å²) in [6.45, 7) is 7.41. The maximum absolute atomic E-state index is 5.79. The van der Waals surface area contributed by atoms with Gasteiger partial charge in [0, 0.05) is 44.9 Å². The molecule has 5 heterocycles. The Morgan fingerprint density at radius 2 is 2.13 bits per heavy atom. The van der Waals surface area contributed by atoms with Crippen LogP contribution in [0, 0.1) is 0 Å². The lowest BCUT2D eigenvalue weighted by Gasteiger charge is -2.40. The Labute approximate surface area is 182 Å². The van der Waals surface area contributed by atoms with Crippen molar-refractivity contribution >= 4 is 17.0 Å². The first-order chi connectivity index (χ1) is 15.2. The number of nitrogens with zero attached hydrogens (tertiary/aromatic N) is 7. The second-order valence-electron chi connectivity index (χ2n) is 8.34. The number of rotatable bonds is 6. The van der Waals surface area contributed by atoms with E-state index in [1.165, 1.54) is 0 Å². The largest absolute Gasteiger partial charge is 0.481 e. The van der Waals surface area contributed by atoms with Crippen LogP contribution >= 0.6 is 0 Å². The Hall–Kier alpha value is -2.78. The number of methoxy groups -OCH3 is 1. The smallest absolute Gasteiger partial charge is 0.213 e. The molecule has 31 heavy (non-hydrogen) atoms. The summed E-state index contributed by atoms with van der Waals surface area (Å²) < 4.78 is 13.2. The van der Waals surface area contributed by atoms with Gasteiger partial charge in [-0.1, -0.05) is 6.07 Å². The van der Waals surface area contributed by atoms with Gasteiger partial charge in [-0.15, -0.1) is 0 Å². The van der Waals surface area contributed by atoms with E-state index in [9.17, 15) is 0 Å². The minimum absolute atomic E-state index is 0.254. The molecule has 0 radical (unpaired) electrons. The number of ether oxygens (including phenoxy) is 2. The molecule has 0 N–H and O–H groups in total. The number of piperazine rings is 1. The van der Waals surface area contributed by atoms with E-state index in [1.807, 2.05) is 18.5 Å². The first kappa shape index (κ1) is 20.1. The summed E-state index contributed by atoms with van der Waals surface area (Å²) in [5.41, 5.74) is 2.78. The van der Waals surface area contributed by atoms with Crippen molar-refractivity contribution in [2.24, 2.45) is 0 Å². The maximum atomic E-state index is 5.79. The van der Waals surface area contributed by atoms with E-state index < -0.39 is 0 Å². The van der Waals surface area contributed by atoms with Gasteiger partial charge in [-0.05, 0) is 25.8 Å². The lowest BCUT2D eigenvalue weighted by Crippen LogP contribution is -2.51. The second kappa shape index (κ2) is 8.76. The van der Waals surface area contributed by atoms with Gasteiger partial charge in [0.1, 0.15) is 6.33 Å². The second-order valence-corrected chi connectivity index (χ2v) is 8.34. The molecule has 2 unspecified atom stereocenters. The van der Waals surface area contributed by atoms with Crippen molar-refractivity contribution in [3.05, 3.63) is 36.5 Å². The van der Waals surface area contributed by atoms with Crippen molar-refractivity contribution in [3.63, 3.8) is 0 Å². The number of pyridine rings is 1. The summed E-state index contributed by atoms with van der Waals surface area (Å²) in [6, 6.07) is 6.28. The standard InChI is InChI=1S/C22H29N7O2/c1-16-11-28(9-8-27(16)12-17-5-3-7-19(26-17)30-2)21-20-22(24-14-23-21)29(15-25-20)13-18-6-4-10-31-18/h3,5,7,14-16,18H,4,6,8-13H2,1-2H3. The molecule has 0 amide bonds. The van der Waals surface area contributed by atoms with Crippen molar-refractivity contribution < 1.29 is 9.47 Å². The highest BCUT2D eigenvalue weighted by Crippen LogP contribution is 2.26. The molecule has 0 bridgehead atoms. The Bertz CT molecular complexity index is 1030. The predicted octanol–water partition coefficient (Wildman–Crippen LogP) is 2.12. The lowest BCUT2D eigenvalue weighted by atomic mass is 10.1. The van der Waals surface area contributed by atoms with E-state index >= 15 is 0 Å². The Morgan fingerprint density at radius 1 is 1.19 bits per heavy atom. The lowest BCUT2D eigenvalue weighted by molar-refractivity contribution is 0.0978. The number of hydrogen-bond acceptors (Lipinski definition) is 8. The quantitative estimate of drug-likeness (QED) is 0.596. The zero-order valence-corrected chi connectivity index (χ0v) is 18.1. The van der Waals surface area contributed by atoms with Crippen LogP contribution in [0.25, 0.3) is 11.2 Å².